The first-order valence-corrected chi connectivity index (χ1v) is 9.49. The monoisotopic (exact) mass is 287 g/mol. The predicted octanol–water partition coefficient (Wildman–Crippen LogP) is 2.55. The first kappa shape index (κ1) is 14.4. The highest BCUT2D eigenvalue weighted by atomic mass is 28.3. The van der Waals surface area contributed by atoms with Crippen molar-refractivity contribution in [2.75, 3.05) is 0 Å². The molecule has 0 unspecified atom stereocenters. The zero-order valence-electron chi connectivity index (χ0n) is 12.4. The summed E-state index contributed by atoms with van der Waals surface area (Å²) in [6.45, 7) is 6.31. The molecule has 1 heterocycles. The number of para-hydroxylation sites is 1. The molecule has 0 spiro atoms. The van der Waals surface area contributed by atoms with E-state index in [0.29, 0.717) is 5.70 Å². The summed E-state index contributed by atoms with van der Waals surface area (Å²) in [5, 5.41) is 4.23. The summed E-state index contributed by atoms with van der Waals surface area (Å²) in [6.07, 6.45) is 3.77. The van der Waals surface area contributed by atoms with Gasteiger partial charge < -0.3 is 10.2 Å². The highest BCUT2D eigenvalue weighted by Crippen LogP contribution is 2.25. The molecule has 2 N–H and O–H groups in total. The Bertz CT molecular complexity index is 632. The van der Waals surface area contributed by atoms with E-state index in [0.717, 1.165) is 22.6 Å². The van der Waals surface area contributed by atoms with Crippen LogP contribution in [-0.2, 0) is 7.05 Å². The van der Waals surface area contributed by atoms with Crippen molar-refractivity contribution >= 4 is 20.8 Å². The molecule has 0 bridgehead atoms. The second-order valence-corrected chi connectivity index (χ2v) is 7.40. The van der Waals surface area contributed by atoms with Gasteiger partial charge in [-0.3, -0.25) is 4.68 Å². The van der Waals surface area contributed by atoms with Crippen LogP contribution in [0.25, 0.3) is 11.8 Å². The molecular weight excluding hydrogens is 266 g/mol. The molecule has 4 nitrogen and oxygen atoms in total. The van der Waals surface area contributed by atoms with Gasteiger partial charge in [0, 0.05) is 29.6 Å². The van der Waals surface area contributed by atoms with Gasteiger partial charge in [0.1, 0.15) is 5.75 Å². The van der Waals surface area contributed by atoms with Gasteiger partial charge in [0.2, 0.25) is 9.04 Å². The van der Waals surface area contributed by atoms with E-state index in [1.807, 2.05) is 55.2 Å². The molecule has 0 aliphatic carbocycles. The van der Waals surface area contributed by atoms with E-state index in [2.05, 4.69) is 18.2 Å². The van der Waals surface area contributed by atoms with Crippen molar-refractivity contribution in [3.05, 3.63) is 47.3 Å². The minimum absolute atomic E-state index is 0.700. The molecule has 0 aliphatic rings. The van der Waals surface area contributed by atoms with Gasteiger partial charge in [-0.25, -0.2) is 0 Å². The van der Waals surface area contributed by atoms with Crippen LogP contribution in [0.15, 0.2) is 30.5 Å². The third kappa shape index (κ3) is 3.11. The number of benzene rings is 1. The summed E-state index contributed by atoms with van der Waals surface area (Å²) in [6, 6.07) is 7.90. The summed E-state index contributed by atoms with van der Waals surface area (Å²) in [4.78, 5) is 0. The van der Waals surface area contributed by atoms with Crippen LogP contribution in [0.1, 0.15) is 16.8 Å². The van der Waals surface area contributed by atoms with Crippen molar-refractivity contribution in [2.45, 2.75) is 20.0 Å². The molecule has 20 heavy (non-hydrogen) atoms. The third-order valence-electron chi connectivity index (χ3n) is 3.14. The van der Waals surface area contributed by atoms with Crippen molar-refractivity contribution in [1.82, 2.24) is 9.78 Å². The first-order chi connectivity index (χ1) is 9.49. The van der Waals surface area contributed by atoms with E-state index in [1.165, 1.54) is 0 Å². The van der Waals surface area contributed by atoms with Gasteiger partial charge in [0.05, 0.1) is 6.20 Å². The maximum absolute atomic E-state index is 6.24. The average molecular weight is 287 g/mol. The number of aryl methyl sites for hydroxylation is 1. The van der Waals surface area contributed by atoms with Gasteiger partial charge in [0.25, 0.3) is 0 Å². The van der Waals surface area contributed by atoms with Crippen LogP contribution in [-0.4, -0.2) is 18.8 Å². The summed E-state index contributed by atoms with van der Waals surface area (Å²) in [5.41, 5.74) is 10.00. The van der Waals surface area contributed by atoms with E-state index >= 15 is 0 Å². The number of hydrogen-bond acceptors (Lipinski definition) is 3. The average Bonchev–Trinajstić information content (AvgIpc) is 2.70. The lowest BCUT2D eigenvalue weighted by molar-refractivity contribution is 0.578. The Labute approximate surface area is 121 Å². The minimum Gasteiger partial charge on any atom is -0.547 e. The highest BCUT2D eigenvalue weighted by Gasteiger charge is 2.09. The van der Waals surface area contributed by atoms with Crippen LogP contribution in [0.4, 0.5) is 0 Å². The molecule has 5 heteroatoms. The summed E-state index contributed by atoms with van der Waals surface area (Å²) >= 11 is 0. The first-order valence-electron chi connectivity index (χ1n) is 6.71. The SMILES string of the molecule is Cc1c(/C=C(\N)c2ccccc2O[SiH](C)C)cnn1C. The van der Waals surface area contributed by atoms with Gasteiger partial charge >= 0.3 is 0 Å². The van der Waals surface area contributed by atoms with Crippen LogP contribution in [0, 0.1) is 6.92 Å². The molecule has 0 saturated heterocycles. The van der Waals surface area contributed by atoms with Crippen molar-refractivity contribution < 1.29 is 4.43 Å². The standard InChI is InChI=1S/C15H21N3OSi/c1-11-12(10-17-18(11)2)9-14(16)13-7-5-6-8-15(13)19-20(3)4/h5-10,20H,16H2,1-4H3/b14-9-. The van der Waals surface area contributed by atoms with E-state index in [1.54, 1.807) is 0 Å². The summed E-state index contributed by atoms with van der Waals surface area (Å²) in [7, 11) is 0.765. The van der Waals surface area contributed by atoms with E-state index in [-0.39, 0.29) is 0 Å². The topological polar surface area (TPSA) is 53.1 Å². The highest BCUT2D eigenvalue weighted by molar-refractivity contribution is 6.49. The lowest BCUT2D eigenvalue weighted by atomic mass is 10.1. The fourth-order valence-electron chi connectivity index (χ4n) is 1.96. The zero-order valence-corrected chi connectivity index (χ0v) is 13.6. The number of rotatable bonds is 4. The number of aromatic nitrogens is 2. The Hall–Kier alpha value is -2.01. The maximum atomic E-state index is 6.24. The molecule has 2 rings (SSSR count). The molecule has 0 saturated carbocycles. The van der Waals surface area contributed by atoms with E-state index in [4.69, 9.17) is 10.2 Å². The Balaban J connectivity index is 2.38. The second-order valence-electron chi connectivity index (χ2n) is 5.07. The number of hydrogen-bond donors (Lipinski definition) is 1. The van der Waals surface area contributed by atoms with Gasteiger partial charge in [-0.2, -0.15) is 5.10 Å². The second kappa shape index (κ2) is 5.96. The molecule has 1 aromatic carbocycles. The number of nitrogens with zero attached hydrogens (tertiary/aromatic N) is 2. The Kier molecular flexibility index (Phi) is 4.29. The van der Waals surface area contributed by atoms with Crippen LogP contribution in [0.5, 0.6) is 5.75 Å². The van der Waals surface area contributed by atoms with Gasteiger partial charge in [-0.1, -0.05) is 12.1 Å². The summed E-state index contributed by atoms with van der Waals surface area (Å²) in [5.74, 6) is 0.865. The van der Waals surface area contributed by atoms with Crippen molar-refractivity contribution in [3.8, 4) is 5.75 Å². The fourth-order valence-corrected chi connectivity index (χ4v) is 2.68. The fraction of sp³-hybridized carbons (Fsp3) is 0.267. The van der Waals surface area contributed by atoms with Gasteiger partial charge in [-0.15, -0.1) is 0 Å². The normalized spacial score (nSPS) is 11.9. The molecule has 1 aromatic heterocycles. The van der Waals surface area contributed by atoms with Crippen molar-refractivity contribution in [3.63, 3.8) is 0 Å². The molecule has 0 aliphatic heterocycles. The van der Waals surface area contributed by atoms with Crippen LogP contribution < -0.4 is 10.2 Å². The smallest absolute Gasteiger partial charge is 0.229 e. The van der Waals surface area contributed by atoms with E-state index < -0.39 is 9.04 Å². The quantitative estimate of drug-likeness (QED) is 0.879. The maximum Gasteiger partial charge on any atom is 0.229 e. The molecule has 0 fully saturated rings. The Morgan fingerprint density at radius 2 is 2.05 bits per heavy atom. The minimum atomic E-state index is -1.16. The Morgan fingerprint density at radius 1 is 1.35 bits per heavy atom. The van der Waals surface area contributed by atoms with Crippen molar-refractivity contribution in [2.24, 2.45) is 12.8 Å². The molecular formula is C15H21N3OSi. The van der Waals surface area contributed by atoms with Gasteiger partial charge in [-0.05, 0) is 38.2 Å². The molecule has 0 amide bonds. The molecule has 0 atom stereocenters. The molecule has 106 valence electrons. The van der Waals surface area contributed by atoms with E-state index in [9.17, 15) is 0 Å². The summed E-state index contributed by atoms with van der Waals surface area (Å²) < 4.78 is 7.77. The zero-order chi connectivity index (χ0) is 14.7. The van der Waals surface area contributed by atoms with Crippen LogP contribution >= 0.6 is 0 Å². The van der Waals surface area contributed by atoms with Crippen molar-refractivity contribution in [1.29, 1.82) is 0 Å². The van der Waals surface area contributed by atoms with Gasteiger partial charge in [0.15, 0.2) is 0 Å². The predicted molar refractivity (Wildman–Crippen MR) is 86.0 cm³/mol. The van der Waals surface area contributed by atoms with Crippen LogP contribution in [0.3, 0.4) is 0 Å². The number of nitrogens with two attached hydrogens (primary N) is 1. The largest absolute Gasteiger partial charge is 0.547 e. The molecule has 0 radical (unpaired) electrons. The van der Waals surface area contributed by atoms with Crippen LogP contribution in [0.2, 0.25) is 13.1 Å². The Morgan fingerprint density at radius 3 is 2.65 bits per heavy atom. The lowest BCUT2D eigenvalue weighted by Crippen LogP contribution is -2.13. The molecule has 2 aromatic rings. The third-order valence-corrected chi connectivity index (χ3v) is 3.87. The lowest BCUT2D eigenvalue weighted by Gasteiger charge is -2.14.